The summed E-state index contributed by atoms with van der Waals surface area (Å²) < 4.78 is 5.24. The van der Waals surface area contributed by atoms with Crippen LogP contribution in [0.5, 0.6) is 0 Å². The second-order valence-corrected chi connectivity index (χ2v) is 5.73. The van der Waals surface area contributed by atoms with Gasteiger partial charge in [-0.2, -0.15) is 11.8 Å². The summed E-state index contributed by atoms with van der Waals surface area (Å²) in [6.45, 7) is 1.21. The average molecular weight is 290 g/mol. The Morgan fingerprint density at radius 3 is 2.58 bits per heavy atom. The zero-order valence-electron chi connectivity index (χ0n) is 11.2. The Morgan fingerprint density at radius 2 is 2.11 bits per heavy atom. The van der Waals surface area contributed by atoms with Gasteiger partial charge >= 0.3 is 5.97 Å². The van der Waals surface area contributed by atoms with Crippen LogP contribution >= 0.6 is 11.8 Å². The van der Waals surface area contributed by atoms with E-state index in [-0.39, 0.29) is 12.5 Å². The molecule has 1 rings (SSSR count). The lowest BCUT2D eigenvalue weighted by molar-refractivity contribution is -0.145. The van der Waals surface area contributed by atoms with Gasteiger partial charge in [0.25, 0.3) is 0 Å². The van der Waals surface area contributed by atoms with Crippen LogP contribution in [0.1, 0.15) is 19.3 Å². The van der Waals surface area contributed by atoms with Gasteiger partial charge in [-0.05, 0) is 31.3 Å². The third-order valence-corrected chi connectivity index (χ3v) is 4.18. The van der Waals surface area contributed by atoms with Gasteiger partial charge in [-0.15, -0.1) is 0 Å². The summed E-state index contributed by atoms with van der Waals surface area (Å²) in [5.74, 6) is -0.566. The number of thioether (sulfide) groups is 1. The molecule has 1 unspecified atom stereocenters. The molecule has 0 aromatic heterocycles. The first-order valence-corrected chi connectivity index (χ1v) is 7.75. The molecule has 0 aromatic rings. The largest absolute Gasteiger partial charge is 0.480 e. The van der Waals surface area contributed by atoms with E-state index in [1.165, 1.54) is 0 Å². The number of hydrogen-bond donors (Lipinski definition) is 3. The lowest BCUT2D eigenvalue weighted by Gasteiger charge is -2.35. The maximum Gasteiger partial charge on any atom is 0.326 e. The van der Waals surface area contributed by atoms with Crippen LogP contribution in [0.4, 0.5) is 0 Å². The van der Waals surface area contributed by atoms with Gasteiger partial charge in [0.15, 0.2) is 0 Å². The summed E-state index contributed by atoms with van der Waals surface area (Å²) in [5, 5.41) is 11.7. The Morgan fingerprint density at radius 1 is 1.47 bits per heavy atom. The van der Waals surface area contributed by atoms with Crippen molar-refractivity contribution in [3.63, 3.8) is 0 Å². The topological polar surface area (TPSA) is 102 Å². The molecular weight excluding hydrogens is 268 g/mol. The predicted octanol–water partition coefficient (Wildman–Crippen LogP) is 0.0644. The number of nitrogens with two attached hydrogens (primary N) is 1. The van der Waals surface area contributed by atoms with Gasteiger partial charge in [-0.25, -0.2) is 4.79 Å². The second-order valence-electron chi connectivity index (χ2n) is 4.74. The molecule has 0 bridgehead atoms. The molecule has 110 valence electrons. The first-order chi connectivity index (χ1) is 9.05. The van der Waals surface area contributed by atoms with Crippen LogP contribution < -0.4 is 11.1 Å². The van der Waals surface area contributed by atoms with Gasteiger partial charge in [-0.1, -0.05) is 0 Å². The number of aliphatic carboxylic acids is 1. The van der Waals surface area contributed by atoms with Crippen LogP contribution in [0.3, 0.4) is 0 Å². The van der Waals surface area contributed by atoms with Crippen LogP contribution in [-0.4, -0.2) is 54.8 Å². The summed E-state index contributed by atoms with van der Waals surface area (Å²) >= 11 is 1.56. The van der Waals surface area contributed by atoms with Crippen molar-refractivity contribution in [1.29, 1.82) is 0 Å². The highest BCUT2D eigenvalue weighted by molar-refractivity contribution is 7.98. The molecular formula is C12H22N2O4S. The van der Waals surface area contributed by atoms with E-state index in [0.29, 0.717) is 38.2 Å². The normalized spacial score (nSPS) is 19.7. The summed E-state index contributed by atoms with van der Waals surface area (Å²) in [6.07, 6.45) is 3.41. The molecule has 0 saturated carbocycles. The SMILES string of the molecule is CSCCC(NC(=O)C1(CN)CCOCC1)C(=O)O. The summed E-state index contributed by atoms with van der Waals surface area (Å²) in [7, 11) is 0. The van der Waals surface area contributed by atoms with Gasteiger partial charge < -0.3 is 20.9 Å². The highest BCUT2D eigenvalue weighted by Crippen LogP contribution is 2.29. The smallest absolute Gasteiger partial charge is 0.326 e. The Balaban J connectivity index is 2.65. The number of carboxylic acid groups (broad SMARTS) is 1. The number of ether oxygens (including phenoxy) is 1. The quantitative estimate of drug-likeness (QED) is 0.613. The molecule has 4 N–H and O–H groups in total. The number of carboxylic acids is 1. The van der Waals surface area contributed by atoms with E-state index in [9.17, 15) is 9.59 Å². The number of carbonyl (C=O) groups excluding carboxylic acids is 1. The molecule has 0 aromatic carbocycles. The van der Waals surface area contributed by atoms with Gasteiger partial charge in [0.05, 0.1) is 5.41 Å². The minimum Gasteiger partial charge on any atom is -0.480 e. The molecule has 1 fully saturated rings. The second kappa shape index (κ2) is 7.72. The summed E-state index contributed by atoms with van der Waals surface area (Å²) in [6, 6.07) is -0.841. The Labute approximate surface area is 117 Å². The van der Waals surface area contributed by atoms with Crippen molar-refractivity contribution in [2.75, 3.05) is 31.8 Å². The van der Waals surface area contributed by atoms with E-state index < -0.39 is 17.4 Å². The van der Waals surface area contributed by atoms with Crippen LogP contribution in [0.15, 0.2) is 0 Å². The van der Waals surface area contributed by atoms with Crippen molar-refractivity contribution in [3.8, 4) is 0 Å². The Hall–Kier alpha value is -0.790. The Bertz CT molecular complexity index is 319. The maximum atomic E-state index is 12.3. The van der Waals surface area contributed by atoms with Crippen molar-refractivity contribution >= 4 is 23.6 Å². The lowest BCUT2D eigenvalue weighted by Crippen LogP contribution is -2.53. The fraction of sp³-hybridized carbons (Fsp3) is 0.833. The van der Waals surface area contributed by atoms with E-state index >= 15 is 0 Å². The summed E-state index contributed by atoms with van der Waals surface area (Å²) in [5.41, 5.74) is 5.05. The average Bonchev–Trinajstić information content (AvgIpc) is 2.43. The molecule has 0 aliphatic carbocycles. The zero-order chi connectivity index (χ0) is 14.3. The minimum atomic E-state index is -0.998. The van der Waals surface area contributed by atoms with E-state index in [0.717, 1.165) is 0 Å². The van der Waals surface area contributed by atoms with E-state index in [4.69, 9.17) is 15.6 Å². The molecule has 1 aliphatic heterocycles. The number of hydrogen-bond acceptors (Lipinski definition) is 5. The van der Waals surface area contributed by atoms with Crippen LogP contribution in [0, 0.1) is 5.41 Å². The molecule has 1 heterocycles. The number of nitrogens with one attached hydrogen (secondary N) is 1. The van der Waals surface area contributed by atoms with Crippen molar-refractivity contribution in [1.82, 2.24) is 5.32 Å². The highest BCUT2D eigenvalue weighted by atomic mass is 32.2. The molecule has 1 aliphatic rings. The molecule has 19 heavy (non-hydrogen) atoms. The first-order valence-electron chi connectivity index (χ1n) is 6.36. The maximum absolute atomic E-state index is 12.3. The van der Waals surface area contributed by atoms with Crippen LogP contribution in [-0.2, 0) is 14.3 Å². The molecule has 1 amide bonds. The standard InChI is InChI=1S/C12H22N2O4S/c1-19-7-2-9(10(15)16)14-11(17)12(8-13)3-5-18-6-4-12/h9H,2-8,13H2,1H3,(H,14,17)(H,15,16). The van der Waals surface area contributed by atoms with Crippen LogP contribution in [0.25, 0.3) is 0 Å². The van der Waals surface area contributed by atoms with Gasteiger partial charge in [0.1, 0.15) is 6.04 Å². The highest BCUT2D eigenvalue weighted by Gasteiger charge is 2.40. The van der Waals surface area contributed by atoms with Gasteiger partial charge in [0.2, 0.25) is 5.91 Å². The van der Waals surface area contributed by atoms with Crippen molar-refractivity contribution in [2.45, 2.75) is 25.3 Å². The Kier molecular flexibility index (Phi) is 6.60. The fourth-order valence-corrected chi connectivity index (χ4v) is 2.56. The molecule has 7 heteroatoms. The number of carbonyl (C=O) groups is 2. The number of rotatable bonds is 7. The van der Waals surface area contributed by atoms with E-state index in [1.54, 1.807) is 11.8 Å². The van der Waals surface area contributed by atoms with Gasteiger partial charge in [0, 0.05) is 19.8 Å². The molecule has 1 saturated heterocycles. The monoisotopic (exact) mass is 290 g/mol. The third-order valence-electron chi connectivity index (χ3n) is 3.54. The lowest BCUT2D eigenvalue weighted by atomic mass is 9.79. The third kappa shape index (κ3) is 4.36. The molecule has 0 spiro atoms. The van der Waals surface area contributed by atoms with E-state index in [2.05, 4.69) is 5.32 Å². The van der Waals surface area contributed by atoms with Crippen molar-refractivity contribution in [2.24, 2.45) is 11.1 Å². The van der Waals surface area contributed by atoms with Crippen molar-refractivity contribution < 1.29 is 19.4 Å². The molecule has 1 atom stereocenters. The molecule has 6 nitrogen and oxygen atoms in total. The predicted molar refractivity (Wildman–Crippen MR) is 74.1 cm³/mol. The fourth-order valence-electron chi connectivity index (χ4n) is 2.09. The number of amides is 1. The van der Waals surface area contributed by atoms with Crippen molar-refractivity contribution in [3.05, 3.63) is 0 Å². The van der Waals surface area contributed by atoms with Gasteiger partial charge in [-0.3, -0.25) is 4.79 Å². The minimum absolute atomic E-state index is 0.219. The van der Waals surface area contributed by atoms with E-state index in [1.807, 2.05) is 6.26 Å². The van der Waals surface area contributed by atoms with Crippen LogP contribution in [0.2, 0.25) is 0 Å². The first kappa shape index (κ1) is 16.3. The summed E-state index contributed by atoms with van der Waals surface area (Å²) in [4.78, 5) is 23.4. The molecule has 0 radical (unpaired) electrons. The zero-order valence-corrected chi connectivity index (χ0v) is 12.0.